The Morgan fingerprint density at radius 1 is 1.44 bits per heavy atom. The van der Waals surface area contributed by atoms with Gasteiger partial charge in [-0.25, -0.2) is 4.39 Å². The quantitative estimate of drug-likeness (QED) is 0.693. The Morgan fingerprint density at radius 2 is 2.25 bits per heavy atom. The highest BCUT2D eigenvalue weighted by atomic mass is 19.1. The molecule has 0 aromatic carbocycles. The van der Waals surface area contributed by atoms with Crippen LogP contribution in [0.5, 0.6) is 0 Å². The summed E-state index contributed by atoms with van der Waals surface area (Å²) < 4.78 is 12.6. The van der Waals surface area contributed by atoms with Crippen LogP contribution in [0.4, 0.5) is 4.39 Å². The topological polar surface area (TPSA) is 37.0 Å². The maximum absolute atomic E-state index is 12.6. The summed E-state index contributed by atoms with van der Waals surface area (Å²) in [5.41, 5.74) is 0.865. The van der Waals surface area contributed by atoms with Gasteiger partial charge >= 0.3 is 0 Å². The third-order valence-electron chi connectivity index (χ3n) is 2.30. The van der Waals surface area contributed by atoms with Gasteiger partial charge in [0, 0.05) is 19.1 Å². The first kappa shape index (κ1) is 13.1. The SMILES string of the molecule is CCCNCC(C)NCc1ccc(F)cn1. The van der Waals surface area contributed by atoms with Crippen LogP contribution in [0.15, 0.2) is 18.3 Å². The molecule has 0 bridgehead atoms. The molecule has 90 valence electrons. The molecule has 0 radical (unpaired) electrons. The van der Waals surface area contributed by atoms with Crippen molar-refractivity contribution in [2.24, 2.45) is 0 Å². The molecule has 16 heavy (non-hydrogen) atoms. The van der Waals surface area contributed by atoms with E-state index < -0.39 is 0 Å². The summed E-state index contributed by atoms with van der Waals surface area (Å²) >= 11 is 0. The molecule has 1 heterocycles. The number of hydrogen-bond acceptors (Lipinski definition) is 3. The molecule has 0 amide bonds. The zero-order valence-corrected chi connectivity index (χ0v) is 9.96. The fourth-order valence-electron chi connectivity index (χ4n) is 1.36. The molecule has 1 aromatic heterocycles. The first-order valence-electron chi connectivity index (χ1n) is 5.77. The van der Waals surface area contributed by atoms with E-state index in [0.717, 1.165) is 25.2 Å². The first-order valence-corrected chi connectivity index (χ1v) is 5.77. The van der Waals surface area contributed by atoms with Crippen LogP contribution in [-0.2, 0) is 6.54 Å². The fourth-order valence-corrected chi connectivity index (χ4v) is 1.36. The highest BCUT2D eigenvalue weighted by molar-refractivity contribution is 5.04. The van der Waals surface area contributed by atoms with E-state index in [-0.39, 0.29) is 5.82 Å². The van der Waals surface area contributed by atoms with Crippen molar-refractivity contribution in [3.63, 3.8) is 0 Å². The van der Waals surface area contributed by atoms with E-state index >= 15 is 0 Å². The molecule has 1 aromatic rings. The van der Waals surface area contributed by atoms with Gasteiger partial charge in [-0.1, -0.05) is 6.92 Å². The molecule has 0 saturated heterocycles. The summed E-state index contributed by atoms with van der Waals surface area (Å²) in [4.78, 5) is 3.99. The standard InChI is InChI=1S/C12H20FN3/c1-3-6-14-7-10(2)15-9-12-5-4-11(13)8-16-12/h4-5,8,10,14-15H,3,6-7,9H2,1-2H3. The van der Waals surface area contributed by atoms with E-state index in [1.165, 1.54) is 12.3 Å². The van der Waals surface area contributed by atoms with Crippen molar-refractivity contribution in [3.05, 3.63) is 29.8 Å². The van der Waals surface area contributed by atoms with Gasteiger partial charge in [0.2, 0.25) is 0 Å². The third-order valence-corrected chi connectivity index (χ3v) is 2.30. The van der Waals surface area contributed by atoms with Gasteiger partial charge in [-0.2, -0.15) is 0 Å². The van der Waals surface area contributed by atoms with Crippen LogP contribution in [0.3, 0.4) is 0 Å². The molecule has 3 nitrogen and oxygen atoms in total. The lowest BCUT2D eigenvalue weighted by Gasteiger charge is -2.13. The summed E-state index contributed by atoms with van der Waals surface area (Å²) in [6, 6.07) is 3.52. The summed E-state index contributed by atoms with van der Waals surface area (Å²) in [7, 11) is 0. The molecule has 0 saturated carbocycles. The van der Waals surface area contributed by atoms with Gasteiger partial charge in [-0.15, -0.1) is 0 Å². The van der Waals surface area contributed by atoms with Crippen LogP contribution < -0.4 is 10.6 Å². The van der Waals surface area contributed by atoms with Crippen LogP contribution in [0.1, 0.15) is 26.0 Å². The summed E-state index contributed by atoms with van der Waals surface area (Å²) in [6.45, 7) is 6.92. The van der Waals surface area contributed by atoms with Crippen molar-refractivity contribution in [2.75, 3.05) is 13.1 Å². The Hall–Kier alpha value is -1.00. The van der Waals surface area contributed by atoms with Crippen molar-refractivity contribution in [2.45, 2.75) is 32.9 Å². The number of halogens is 1. The first-order chi connectivity index (χ1) is 7.72. The molecule has 1 unspecified atom stereocenters. The summed E-state index contributed by atoms with van der Waals surface area (Å²) in [5.74, 6) is -0.290. The van der Waals surface area contributed by atoms with Crippen LogP contribution in [-0.4, -0.2) is 24.1 Å². The predicted molar refractivity (Wildman–Crippen MR) is 63.7 cm³/mol. The molecule has 0 aliphatic rings. The Bertz CT molecular complexity index is 287. The molecule has 2 N–H and O–H groups in total. The molecule has 0 aliphatic carbocycles. The number of nitrogens with zero attached hydrogens (tertiary/aromatic N) is 1. The highest BCUT2D eigenvalue weighted by Gasteiger charge is 2.01. The van der Waals surface area contributed by atoms with Crippen LogP contribution in [0.25, 0.3) is 0 Å². The Kier molecular flexibility index (Phi) is 5.96. The van der Waals surface area contributed by atoms with E-state index in [0.29, 0.717) is 12.6 Å². The minimum Gasteiger partial charge on any atom is -0.315 e. The molecule has 4 heteroatoms. The average molecular weight is 225 g/mol. The van der Waals surface area contributed by atoms with Gasteiger partial charge in [0.15, 0.2) is 0 Å². The lowest BCUT2D eigenvalue weighted by molar-refractivity contribution is 0.497. The maximum Gasteiger partial charge on any atom is 0.141 e. The summed E-state index contributed by atoms with van der Waals surface area (Å²) in [5, 5.41) is 6.67. The minimum absolute atomic E-state index is 0.290. The van der Waals surface area contributed by atoms with Crippen molar-refractivity contribution in [1.29, 1.82) is 0 Å². The van der Waals surface area contributed by atoms with Crippen molar-refractivity contribution in [1.82, 2.24) is 15.6 Å². The summed E-state index contributed by atoms with van der Waals surface area (Å²) in [6.07, 6.45) is 2.39. The smallest absolute Gasteiger partial charge is 0.141 e. The van der Waals surface area contributed by atoms with E-state index in [1.807, 2.05) is 0 Å². The Labute approximate surface area is 96.5 Å². The highest BCUT2D eigenvalue weighted by Crippen LogP contribution is 1.97. The van der Waals surface area contributed by atoms with E-state index in [1.54, 1.807) is 6.07 Å². The predicted octanol–water partition coefficient (Wildman–Crippen LogP) is 1.70. The second-order valence-electron chi connectivity index (χ2n) is 3.95. The Morgan fingerprint density at radius 3 is 2.88 bits per heavy atom. The van der Waals surface area contributed by atoms with E-state index in [4.69, 9.17) is 0 Å². The van der Waals surface area contributed by atoms with Crippen LogP contribution in [0, 0.1) is 5.82 Å². The second kappa shape index (κ2) is 7.30. The van der Waals surface area contributed by atoms with Crippen molar-refractivity contribution < 1.29 is 4.39 Å². The van der Waals surface area contributed by atoms with E-state index in [9.17, 15) is 4.39 Å². The number of rotatable bonds is 7. The molecular weight excluding hydrogens is 205 g/mol. The van der Waals surface area contributed by atoms with E-state index in [2.05, 4.69) is 29.5 Å². The molecule has 0 spiro atoms. The minimum atomic E-state index is -0.290. The molecule has 0 fully saturated rings. The monoisotopic (exact) mass is 225 g/mol. The maximum atomic E-state index is 12.6. The van der Waals surface area contributed by atoms with Gasteiger partial charge in [0.25, 0.3) is 0 Å². The van der Waals surface area contributed by atoms with Crippen molar-refractivity contribution >= 4 is 0 Å². The molecule has 1 atom stereocenters. The zero-order chi connectivity index (χ0) is 11.8. The molecular formula is C12H20FN3. The van der Waals surface area contributed by atoms with Gasteiger partial charge in [0.1, 0.15) is 5.82 Å². The largest absolute Gasteiger partial charge is 0.315 e. The van der Waals surface area contributed by atoms with Gasteiger partial charge < -0.3 is 10.6 Å². The molecule has 0 aliphatic heterocycles. The van der Waals surface area contributed by atoms with Gasteiger partial charge in [0.05, 0.1) is 11.9 Å². The van der Waals surface area contributed by atoms with Gasteiger partial charge in [-0.3, -0.25) is 4.98 Å². The lowest BCUT2D eigenvalue weighted by atomic mass is 10.3. The second-order valence-corrected chi connectivity index (χ2v) is 3.95. The number of aromatic nitrogens is 1. The van der Waals surface area contributed by atoms with Crippen LogP contribution in [0.2, 0.25) is 0 Å². The number of pyridine rings is 1. The van der Waals surface area contributed by atoms with Crippen LogP contribution >= 0.6 is 0 Å². The fraction of sp³-hybridized carbons (Fsp3) is 0.583. The van der Waals surface area contributed by atoms with Gasteiger partial charge in [-0.05, 0) is 32.0 Å². The Balaban J connectivity index is 2.20. The number of nitrogens with one attached hydrogen (secondary N) is 2. The number of hydrogen-bond donors (Lipinski definition) is 2. The zero-order valence-electron chi connectivity index (χ0n) is 9.96. The molecule has 1 rings (SSSR count). The lowest BCUT2D eigenvalue weighted by Crippen LogP contribution is -2.36. The normalized spacial score (nSPS) is 12.7. The third kappa shape index (κ3) is 5.19. The average Bonchev–Trinajstić information content (AvgIpc) is 2.29. The van der Waals surface area contributed by atoms with Crippen molar-refractivity contribution in [3.8, 4) is 0 Å².